The van der Waals surface area contributed by atoms with E-state index in [1.54, 1.807) is 0 Å². The predicted octanol–water partition coefficient (Wildman–Crippen LogP) is 1.78. The van der Waals surface area contributed by atoms with Gasteiger partial charge in [-0.05, 0) is 12.1 Å². The normalized spacial score (nSPS) is 10.7. The monoisotopic (exact) mass is 198 g/mol. The third-order valence-electron chi connectivity index (χ3n) is 1.78. The summed E-state index contributed by atoms with van der Waals surface area (Å²) in [5, 5.41) is 8.96. The lowest BCUT2D eigenvalue weighted by Crippen LogP contribution is -1.96. The SMILES string of the molecule is O=c1ccc2cc(F)c(O)c(F)c2o1. The summed E-state index contributed by atoms with van der Waals surface area (Å²) in [6, 6.07) is 3.14. The van der Waals surface area contributed by atoms with Crippen LogP contribution in [0.15, 0.2) is 27.4 Å². The fraction of sp³-hybridized carbons (Fsp3) is 0. The molecule has 0 radical (unpaired) electrons. The van der Waals surface area contributed by atoms with Gasteiger partial charge in [-0.3, -0.25) is 0 Å². The quantitative estimate of drug-likeness (QED) is 0.656. The third-order valence-corrected chi connectivity index (χ3v) is 1.78. The van der Waals surface area contributed by atoms with Crippen LogP contribution >= 0.6 is 0 Å². The lowest BCUT2D eigenvalue weighted by molar-refractivity contribution is 0.392. The van der Waals surface area contributed by atoms with Crippen molar-refractivity contribution >= 4 is 11.0 Å². The topological polar surface area (TPSA) is 50.4 Å². The molecule has 2 aromatic rings. The molecule has 0 spiro atoms. The largest absolute Gasteiger partial charge is 0.503 e. The van der Waals surface area contributed by atoms with Gasteiger partial charge in [0.15, 0.2) is 17.1 Å². The Hall–Kier alpha value is -1.91. The molecule has 1 N–H and O–H groups in total. The Bertz CT molecular complexity index is 560. The number of hydrogen-bond donors (Lipinski definition) is 1. The van der Waals surface area contributed by atoms with E-state index in [1.807, 2.05) is 0 Å². The molecule has 0 aliphatic rings. The highest BCUT2D eigenvalue weighted by molar-refractivity contribution is 5.78. The molecule has 72 valence electrons. The molecule has 1 heterocycles. The summed E-state index contributed by atoms with van der Waals surface area (Å²) >= 11 is 0. The van der Waals surface area contributed by atoms with Crippen LogP contribution in [0, 0.1) is 11.6 Å². The highest BCUT2D eigenvalue weighted by Gasteiger charge is 2.14. The zero-order chi connectivity index (χ0) is 10.3. The van der Waals surface area contributed by atoms with Crippen LogP contribution in [-0.4, -0.2) is 5.11 Å². The summed E-state index contributed by atoms with van der Waals surface area (Å²) < 4.78 is 30.4. The molecule has 0 aliphatic heterocycles. The maximum Gasteiger partial charge on any atom is 0.336 e. The summed E-state index contributed by atoms with van der Waals surface area (Å²) in [5.74, 6) is -3.51. The van der Waals surface area contributed by atoms with E-state index in [0.29, 0.717) is 0 Å². The van der Waals surface area contributed by atoms with Crippen LogP contribution in [0.3, 0.4) is 0 Å². The molecule has 3 nitrogen and oxygen atoms in total. The number of benzene rings is 1. The number of phenolic OH excluding ortho intramolecular Hbond substituents is 1. The second-order valence-electron chi connectivity index (χ2n) is 2.69. The van der Waals surface area contributed by atoms with Gasteiger partial charge in [-0.25, -0.2) is 9.18 Å². The predicted molar refractivity (Wildman–Crippen MR) is 44.1 cm³/mol. The van der Waals surface area contributed by atoms with Crippen LogP contribution in [0.1, 0.15) is 0 Å². The van der Waals surface area contributed by atoms with Gasteiger partial charge in [-0.15, -0.1) is 0 Å². The minimum atomic E-state index is -1.27. The molecule has 1 aromatic heterocycles. The Morgan fingerprint density at radius 1 is 1.29 bits per heavy atom. The maximum atomic E-state index is 13.1. The van der Waals surface area contributed by atoms with Gasteiger partial charge in [0, 0.05) is 11.5 Å². The van der Waals surface area contributed by atoms with Crippen LogP contribution < -0.4 is 5.63 Å². The van der Waals surface area contributed by atoms with Crippen molar-refractivity contribution in [3.63, 3.8) is 0 Å². The molecule has 0 unspecified atom stereocenters. The molecule has 2 rings (SSSR count). The van der Waals surface area contributed by atoms with Crippen molar-refractivity contribution < 1.29 is 18.3 Å². The van der Waals surface area contributed by atoms with Gasteiger partial charge in [0.1, 0.15) is 0 Å². The molecule has 5 heteroatoms. The van der Waals surface area contributed by atoms with Crippen LogP contribution in [0.2, 0.25) is 0 Å². The molecule has 0 fully saturated rings. The zero-order valence-electron chi connectivity index (χ0n) is 6.75. The zero-order valence-corrected chi connectivity index (χ0v) is 6.75. The van der Waals surface area contributed by atoms with Gasteiger partial charge in [0.25, 0.3) is 0 Å². The van der Waals surface area contributed by atoms with E-state index in [9.17, 15) is 13.6 Å². The Morgan fingerprint density at radius 2 is 2.00 bits per heavy atom. The first-order valence-corrected chi connectivity index (χ1v) is 3.70. The summed E-state index contributed by atoms with van der Waals surface area (Å²) in [6.07, 6.45) is 0. The van der Waals surface area contributed by atoms with E-state index in [1.165, 1.54) is 6.07 Å². The average molecular weight is 198 g/mol. The van der Waals surface area contributed by atoms with Gasteiger partial charge in [-0.1, -0.05) is 0 Å². The summed E-state index contributed by atoms with van der Waals surface area (Å²) in [7, 11) is 0. The number of fused-ring (bicyclic) bond motifs is 1. The summed E-state index contributed by atoms with van der Waals surface area (Å²) in [4.78, 5) is 10.7. The molecule has 14 heavy (non-hydrogen) atoms. The van der Waals surface area contributed by atoms with Crippen molar-refractivity contribution in [3.8, 4) is 5.75 Å². The van der Waals surface area contributed by atoms with E-state index < -0.39 is 28.6 Å². The molecular formula is C9H4F2O3. The van der Waals surface area contributed by atoms with E-state index in [4.69, 9.17) is 5.11 Å². The van der Waals surface area contributed by atoms with Gasteiger partial charge < -0.3 is 9.52 Å². The Balaban J connectivity index is 2.99. The Kier molecular flexibility index (Phi) is 1.73. The molecule has 0 saturated carbocycles. The first kappa shape index (κ1) is 8.68. The van der Waals surface area contributed by atoms with Crippen molar-refractivity contribution in [2.45, 2.75) is 0 Å². The smallest absolute Gasteiger partial charge is 0.336 e. The van der Waals surface area contributed by atoms with Gasteiger partial charge in [0.05, 0.1) is 0 Å². The number of hydrogen-bond acceptors (Lipinski definition) is 3. The van der Waals surface area contributed by atoms with E-state index >= 15 is 0 Å². The maximum absolute atomic E-state index is 13.1. The number of halogens is 2. The molecular weight excluding hydrogens is 194 g/mol. The third kappa shape index (κ3) is 1.14. The average Bonchev–Trinajstić information content (AvgIpc) is 2.16. The van der Waals surface area contributed by atoms with Crippen molar-refractivity contribution in [2.24, 2.45) is 0 Å². The van der Waals surface area contributed by atoms with E-state index in [2.05, 4.69) is 4.42 Å². The van der Waals surface area contributed by atoms with E-state index in [0.717, 1.165) is 12.1 Å². The standard InChI is InChI=1S/C9H4F2O3/c10-5-3-4-1-2-6(12)14-9(4)7(11)8(5)13/h1-3,13H. The number of rotatable bonds is 0. The Labute approximate surface area is 76.2 Å². The lowest BCUT2D eigenvalue weighted by atomic mass is 10.2. The van der Waals surface area contributed by atoms with Crippen LogP contribution in [0.5, 0.6) is 5.75 Å². The van der Waals surface area contributed by atoms with Crippen molar-refractivity contribution in [3.05, 3.63) is 40.3 Å². The highest BCUT2D eigenvalue weighted by Crippen LogP contribution is 2.27. The molecule has 1 aromatic carbocycles. The summed E-state index contributed by atoms with van der Waals surface area (Å²) in [5.41, 5.74) is -1.21. The highest BCUT2D eigenvalue weighted by atomic mass is 19.1. The summed E-state index contributed by atoms with van der Waals surface area (Å²) in [6.45, 7) is 0. The van der Waals surface area contributed by atoms with Crippen molar-refractivity contribution in [2.75, 3.05) is 0 Å². The van der Waals surface area contributed by atoms with Crippen LogP contribution in [0.4, 0.5) is 8.78 Å². The number of aromatic hydroxyl groups is 1. The fourth-order valence-electron chi connectivity index (χ4n) is 1.13. The van der Waals surface area contributed by atoms with E-state index in [-0.39, 0.29) is 5.39 Å². The van der Waals surface area contributed by atoms with Gasteiger partial charge in [-0.2, -0.15) is 4.39 Å². The first-order chi connectivity index (χ1) is 6.59. The lowest BCUT2D eigenvalue weighted by Gasteiger charge is -2.00. The molecule has 0 atom stereocenters. The fourth-order valence-corrected chi connectivity index (χ4v) is 1.13. The minimum absolute atomic E-state index is 0.0809. The molecule has 0 bridgehead atoms. The van der Waals surface area contributed by atoms with Gasteiger partial charge in [0.2, 0.25) is 5.82 Å². The van der Waals surface area contributed by atoms with Crippen molar-refractivity contribution in [1.29, 1.82) is 0 Å². The van der Waals surface area contributed by atoms with Crippen molar-refractivity contribution in [1.82, 2.24) is 0 Å². The minimum Gasteiger partial charge on any atom is -0.503 e. The molecule has 0 saturated heterocycles. The second-order valence-corrected chi connectivity index (χ2v) is 2.69. The van der Waals surface area contributed by atoms with Crippen LogP contribution in [0.25, 0.3) is 11.0 Å². The Morgan fingerprint density at radius 3 is 2.71 bits per heavy atom. The van der Waals surface area contributed by atoms with Gasteiger partial charge >= 0.3 is 5.63 Å². The second kappa shape index (κ2) is 2.80. The van der Waals surface area contributed by atoms with Crippen LogP contribution in [-0.2, 0) is 0 Å². The number of phenols is 1. The first-order valence-electron chi connectivity index (χ1n) is 3.70. The molecule has 0 amide bonds. The molecule has 0 aliphatic carbocycles.